The Morgan fingerprint density at radius 2 is 2.20 bits per heavy atom. The third kappa shape index (κ3) is 3.74. The van der Waals surface area contributed by atoms with Gasteiger partial charge in [0.05, 0.1) is 13.2 Å². The van der Waals surface area contributed by atoms with Gasteiger partial charge in [0.25, 0.3) is 0 Å². The van der Waals surface area contributed by atoms with Crippen molar-refractivity contribution in [3.63, 3.8) is 0 Å². The molecule has 90 valence electrons. The molecule has 1 rings (SSSR count). The lowest BCUT2D eigenvalue weighted by atomic mass is 10.00. The average Bonchev–Trinajstić information content (AvgIpc) is 2.25. The summed E-state index contributed by atoms with van der Waals surface area (Å²) in [5.41, 5.74) is 0. The minimum atomic E-state index is 0.567. The first-order chi connectivity index (χ1) is 7.16. The lowest BCUT2D eigenvalue weighted by molar-refractivity contribution is -0.0285. The molecular weight excluding hydrogens is 188 g/mol. The minimum Gasteiger partial charge on any atom is -0.379 e. The number of morpholine rings is 1. The number of hydrogen-bond donors (Lipinski definition) is 1. The van der Waals surface area contributed by atoms with Crippen LogP contribution >= 0.6 is 0 Å². The van der Waals surface area contributed by atoms with E-state index in [4.69, 9.17) is 4.74 Å². The molecule has 0 bridgehead atoms. The maximum absolute atomic E-state index is 5.47. The Balaban J connectivity index is 2.39. The fraction of sp³-hybridized carbons (Fsp3) is 1.00. The Labute approximate surface area is 94.2 Å². The Morgan fingerprint density at radius 3 is 2.80 bits per heavy atom. The highest BCUT2D eigenvalue weighted by atomic mass is 16.5. The fourth-order valence-electron chi connectivity index (χ4n) is 2.21. The molecule has 3 nitrogen and oxygen atoms in total. The maximum Gasteiger partial charge on any atom is 0.0619 e. The average molecular weight is 214 g/mol. The van der Waals surface area contributed by atoms with Gasteiger partial charge in [-0.1, -0.05) is 13.8 Å². The van der Waals surface area contributed by atoms with E-state index in [2.05, 4.69) is 37.9 Å². The Morgan fingerprint density at radius 1 is 1.47 bits per heavy atom. The molecule has 1 fully saturated rings. The maximum atomic E-state index is 5.47. The number of nitrogens with one attached hydrogen (secondary N) is 1. The van der Waals surface area contributed by atoms with Gasteiger partial charge in [-0.2, -0.15) is 0 Å². The fourth-order valence-corrected chi connectivity index (χ4v) is 2.21. The van der Waals surface area contributed by atoms with Gasteiger partial charge in [-0.25, -0.2) is 0 Å². The van der Waals surface area contributed by atoms with Crippen molar-refractivity contribution in [2.24, 2.45) is 5.92 Å². The van der Waals surface area contributed by atoms with Gasteiger partial charge in [-0.05, 0) is 32.9 Å². The zero-order valence-corrected chi connectivity index (χ0v) is 10.6. The first-order valence-electron chi connectivity index (χ1n) is 6.21. The molecule has 3 atom stereocenters. The van der Waals surface area contributed by atoms with E-state index in [-0.39, 0.29) is 0 Å². The molecule has 1 aliphatic rings. The molecule has 1 saturated heterocycles. The van der Waals surface area contributed by atoms with Crippen LogP contribution in [0.15, 0.2) is 0 Å². The molecule has 1 heterocycles. The highest BCUT2D eigenvalue weighted by Gasteiger charge is 2.26. The Hall–Kier alpha value is -0.120. The second-order valence-electron chi connectivity index (χ2n) is 4.69. The first-order valence-corrected chi connectivity index (χ1v) is 6.21. The summed E-state index contributed by atoms with van der Waals surface area (Å²) in [4.78, 5) is 2.57. The van der Waals surface area contributed by atoms with Crippen molar-refractivity contribution >= 4 is 0 Å². The van der Waals surface area contributed by atoms with E-state index < -0.39 is 0 Å². The van der Waals surface area contributed by atoms with Crippen molar-refractivity contribution in [3.05, 3.63) is 0 Å². The van der Waals surface area contributed by atoms with Crippen LogP contribution in [0.25, 0.3) is 0 Å². The quantitative estimate of drug-likeness (QED) is 0.747. The predicted octanol–water partition coefficient (Wildman–Crippen LogP) is 1.34. The third-order valence-electron chi connectivity index (χ3n) is 3.48. The minimum absolute atomic E-state index is 0.567. The van der Waals surface area contributed by atoms with Crippen LogP contribution in [0.5, 0.6) is 0 Å². The van der Waals surface area contributed by atoms with Gasteiger partial charge >= 0.3 is 0 Å². The summed E-state index contributed by atoms with van der Waals surface area (Å²) < 4.78 is 5.47. The van der Waals surface area contributed by atoms with Gasteiger partial charge in [0.1, 0.15) is 0 Å². The van der Waals surface area contributed by atoms with Gasteiger partial charge in [0.2, 0.25) is 0 Å². The topological polar surface area (TPSA) is 24.5 Å². The summed E-state index contributed by atoms with van der Waals surface area (Å²) >= 11 is 0. The van der Waals surface area contributed by atoms with E-state index in [1.807, 2.05) is 0 Å². The van der Waals surface area contributed by atoms with Crippen LogP contribution in [0.1, 0.15) is 27.7 Å². The first kappa shape index (κ1) is 12.9. The standard InChI is InChI=1S/C12H26N2O/c1-5-13-8-10(2)12(4)14-6-7-15-9-11(14)3/h10-13H,5-9H2,1-4H3. The predicted molar refractivity (Wildman–Crippen MR) is 64.2 cm³/mol. The molecule has 0 saturated carbocycles. The van der Waals surface area contributed by atoms with Crippen LogP contribution < -0.4 is 5.32 Å². The zero-order chi connectivity index (χ0) is 11.3. The van der Waals surface area contributed by atoms with Gasteiger partial charge in [-0.15, -0.1) is 0 Å². The molecule has 15 heavy (non-hydrogen) atoms. The van der Waals surface area contributed by atoms with Crippen molar-refractivity contribution in [1.29, 1.82) is 0 Å². The monoisotopic (exact) mass is 214 g/mol. The highest BCUT2D eigenvalue weighted by Crippen LogP contribution is 2.16. The number of ether oxygens (including phenoxy) is 1. The molecule has 0 aliphatic carbocycles. The lowest BCUT2D eigenvalue weighted by Crippen LogP contribution is -2.51. The van der Waals surface area contributed by atoms with Gasteiger partial charge in [0, 0.05) is 18.6 Å². The van der Waals surface area contributed by atoms with Crippen molar-refractivity contribution < 1.29 is 4.74 Å². The molecule has 0 aromatic carbocycles. The lowest BCUT2D eigenvalue weighted by Gasteiger charge is -2.40. The SMILES string of the molecule is CCNCC(C)C(C)N1CCOCC1C. The number of nitrogens with zero attached hydrogens (tertiary/aromatic N) is 1. The van der Waals surface area contributed by atoms with Gasteiger partial charge in [-0.3, -0.25) is 4.90 Å². The Bertz CT molecular complexity index is 175. The van der Waals surface area contributed by atoms with Crippen molar-refractivity contribution in [1.82, 2.24) is 10.2 Å². The summed E-state index contributed by atoms with van der Waals surface area (Å²) in [6.45, 7) is 14.1. The van der Waals surface area contributed by atoms with Crippen molar-refractivity contribution in [2.75, 3.05) is 32.8 Å². The van der Waals surface area contributed by atoms with E-state index in [0.29, 0.717) is 18.0 Å². The smallest absolute Gasteiger partial charge is 0.0619 e. The van der Waals surface area contributed by atoms with Crippen LogP contribution in [0.3, 0.4) is 0 Å². The van der Waals surface area contributed by atoms with Gasteiger partial charge < -0.3 is 10.1 Å². The summed E-state index contributed by atoms with van der Waals surface area (Å²) in [6, 6.07) is 1.21. The summed E-state index contributed by atoms with van der Waals surface area (Å²) in [7, 11) is 0. The molecule has 3 unspecified atom stereocenters. The van der Waals surface area contributed by atoms with Crippen LogP contribution in [-0.4, -0.2) is 49.8 Å². The van der Waals surface area contributed by atoms with E-state index in [1.165, 1.54) is 0 Å². The van der Waals surface area contributed by atoms with E-state index in [0.717, 1.165) is 32.8 Å². The van der Waals surface area contributed by atoms with Crippen LogP contribution in [0.2, 0.25) is 0 Å². The molecule has 1 N–H and O–H groups in total. The Kier molecular flexibility index (Phi) is 5.58. The summed E-state index contributed by atoms with van der Waals surface area (Å²) in [5, 5.41) is 3.42. The zero-order valence-electron chi connectivity index (χ0n) is 10.6. The molecule has 0 spiro atoms. The highest BCUT2D eigenvalue weighted by molar-refractivity contribution is 4.80. The van der Waals surface area contributed by atoms with Crippen LogP contribution in [0.4, 0.5) is 0 Å². The van der Waals surface area contributed by atoms with Crippen molar-refractivity contribution in [3.8, 4) is 0 Å². The molecule has 0 aromatic rings. The van der Waals surface area contributed by atoms with E-state index >= 15 is 0 Å². The van der Waals surface area contributed by atoms with E-state index in [9.17, 15) is 0 Å². The van der Waals surface area contributed by atoms with Crippen LogP contribution in [0, 0.1) is 5.92 Å². The number of hydrogen-bond acceptors (Lipinski definition) is 3. The van der Waals surface area contributed by atoms with Gasteiger partial charge in [0.15, 0.2) is 0 Å². The molecule has 0 amide bonds. The third-order valence-corrected chi connectivity index (χ3v) is 3.48. The normalized spacial score (nSPS) is 27.6. The summed E-state index contributed by atoms with van der Waals surface area (Å²) in [5.74, 6) is 0.700. The molecule has 1 aliphatic heterocycles. The second-order valence-corrected chi connectivity index (χ2v) is 4.69. The molecule has 0 radical (unpaired) electrons. The molecule has 3 heteroatoms. The van der Waals surface area contributed by atoms with E-state index in [1.54, 1.807) is 0 Å². The number of rotatable bonds is 5. The summed E-state index contributed by atoms with van der Waals surface area (Å²) in [6.07, 6.45) is 0. The largest absolute Gasteiger partial charge is 0.379 e. The van der Waals surface area contributed by atoms with Crippen LogP contribution in [-0.2, 0) is 4.74 Å². The van der Waals surface area contributed by atoms with Crippen molar-refractivity contribution in [2.45, 2.75) is 39.8 Å². The second kappa shape index (κ2) is 6.46. The molecule has 0 aromatic heterocycles. The molecular formula is C12H26N2O.